The zero-order valence-corrected chi connectivity index (χ0v) is 17.3. The van der Waals surface area contributed by atoms with Gasteiger partial charge in [-0.1, -0.05) is 43.6 Å². The van der Waals surface area contributed by atoms with Gasteiger partial charge in [0.25, 0.3) is 0 Å². The van der Waals surface area contributed by atoms with E-state index in [1.165, 1.54) is 51.6 Å². The van der Waals surface area contributed by atoms with E-state index in [0.29, 0.717) is 32.0 Å². The van der Waals surface area contributed by atoms with Gasteiger partial charge in [0, 0.05) is 50.8 Å². The molecule has 1 saturated carbocycles. The predicted molar refractivity (Wildman–Crippen MR) is 112 cm³/mol. The quantitative estimate of drug-likeness (QED) is 0.429. The van der Waals surface area contributed by atoms with Gasteiger partial charge in [0.15, 0.2) is 0 Å². The number of aliphatic hydroxyl groups is 1. The molecule has 1 aliphatic carbocycles. The number of piperidine rings is 1. The number of likely N-dealkylation sites (tertiary alicyclic amines) is 1. The molecular weight excluding hydrogens is 334 g/mol. The molecule has 2 saturated heterocycles. The van der Waals surface area contributed by atoms with E-state index in [-0.39, 0.29) is 0 Å². The first kappa shape index (κ1) is 20.6. The third-order valence-electron chi connectivity index (χ3n) is 6.47. The van der Waals surface area contributed by atoms with E-state index in [2.05, 4.69) is 35.8 Å². The fourth-order valence-corrected chi connectivity index (χ4v) is 4.76. The lowest BCUT2D eigenvalue weighted by molar-refractivity contribution is -0.0372. The Kier molecular flexibility index (Phi) is 7.55. The summed E-state index contributed by atoms with van der Waals surface area (Å²) >= 11 is 0. The van der Waals surface area contributed by atoms with Gasteiger partial charge in [0.2, 0.25) is 0 Å². The Balaban J connectivity index is 1.56. The second-order valence-electron chi connectivity index (χ2n) is 8.51. The Morgan fingerprint density at radius 3 is 2.52 bits per heavy atom. The van der Waals surface area contributed by atoms with Gasteiger partial charge in [-0.3, -0.25) is 4.90 Å². The molecule has 1 atom stereocenters. The van der Waals surface area contributed by atoms with E-state index >= 15 is 0 Å². The van der Waals surface area contributed by atoms with E-state index in [9.17, 15) is 5.11 Å². The summed E-state index contributed by atoms with van der Waals surface area (Å²) in [5.41, 5.74) is 4.97. The van der Waals surface area contributed by atoms with Crippen LogP contribution in [0, 0.1) is 5.92 Å². The van der Waals surface area contributed by atoms with Crippen LogP contribution in [0.5, 0.6) is 0 Å². The van der Waals surface area contributed by atoms with Crippen LogP contribution in [0.1, 0.15) is 65.2 Å². The molecule has 3 aliphatic rings. The van der Waals surface area contributed by atoms with Crippen molar-refractivity contribution in [3.8, 4) is 0 Å². The normalized spacial score (nSPS) is 25.4. The van der Waals surface area contributed by atoms with Gasteiger partial charge in [0.05, 0.1) is 0 Å². The van der Waals surface area contributed by atoms with E-state index in [4.69, 9.17) is 4.74 Å². The lowest BCUT2D eigenvalue weighted by Crippen LogP contribution is -2.38. The van der Waals surface area contributed by atoms with Crippen LogP contribution >= 0.6 is 0 Å². The van der Waals surface area contributed by atoms with Crippen LogP contribution in [0.3, 0.4) is 0 Å². The molecule has 3 rings (SSSR count). The van der Waals surface area contributed by atoms with Gasteiger partial charge in [-0.25, -0.2) is 0 Å². The average Bonchev–Trinajstić information content (AvgIpc) is 3.21. The standard InChI is InChI=1S/C24H37NO2/c1-3-6-22(24(26)13-17-27-18-14-24)10-9-20(2)19-21-11-15-25(16-12-21)23-7-4-5-8-23/h3,9-10,19-20,23,26H,4-5,7-8,11-18H2,1-2H3. The predicted octanol–water partition coefficient (Wildman–Crippen LogP) is 4.79. The van der Waals surface area contributed by atoms with Crippen LogP contribution < -0.4 is 0 Å². The van der Waals surface area contributed by atoms with Crippen molar-refractivity contribution in [2.45, 2.75) is 76.9 Å². The maximum absolute atomic E-state index is 11.0. The van der Waals surface area contributed by atoms with Crippen molar-refractivity contribution < 1.29 is 9.84 Å². The lowest BCUT2D eigenvalue weighted by atomic mass is 9.85. The minimum Gasteiger partial charge on any atom is -0.384 e. The molecule has 0 spiro atoms. The third kappa shape index (κ3) is 5.68. The van der Waals surface area contributed by atoms with Gasteiger partial charge >= 0.3 is 0 Å². The zero-order chi connectivity index (χ0) is 19.1. The summed E-state index contributed by atoms with van der Waals surface area (Å²) in [5, 5.41) is 11.0. The van der Waals surface area contributed by atoms with Gasteiger partial charge in [-0.05, 0) is 44.6 Å². The minimum absolute atomic E-state index is 0.384. The van der Waals surface area contributed by atoms with Gasteiger partial charge in [0.1, 0.15) is 5.60 Å². The van der Waals surface area contributed by atoms with Crippen molar-refractivity contribution >= 4 is 0 Å². The highest BCUT2D eigenvalue weighted by atomic mass is 16.5. The molecule has 2 aliphatic heterocycles. The Labute approximate surface area is 165 Å². The molecule has 3 nitrogen and oxygen atoms in total. The monoisotopic (exact) mass is 371 g/mol. The number of nitrogens with zero attached hydrogens (tertiary/aromatic N) is 1. The SMILES string of the molecule is CC=C=C(C=CC(C)C=C1CCN(C2CCCC2)CC1)C1(O)CCOCC1. The summed E-state index contributed by atoms with van der Waals surface area (Å²) < 4.78 is 5.42. The van der Waals surface area contributed by atoms with Crippen molar-refractivity contribution in [2.75, 3.05) is 26.3 Å². The Bertz CT molecular complexity index is 590. The third-order valence-corrected chi connectivity index (χ3v) is 6.47. The summed E-state index contributed by atoms with van der Waals surface area (Å²) in [6.07, 6.45) is 18.0. The molecule has 0 amide bonds. The highest BCUT2D eigenvalue weighted by molar-refractivity contribution is 5.30. The van der Waals surface area contributed by atoms with Crippen LogP contribution in [0.4, 0.5) is 0 Å². The maximum atomic E-state index is 11.0. The van der Waals surface area contributed by atoms with Crippen LogP contribution in [0.15, 0.2) is 41.2 Å². The molecule has 0 aromatic carbocycles. The Morgan fingerprint density at radius 2 is 1.89 bits per heavy atom. The van der Waals surface area contributed by atoms with Gasteiger partial charge in [-0.2, -0.15) is 0 Å². The van der Waals surface area contributed by atoms with E-state index in [0.717, 1.165) is 11.6 Å². The second-order valence-corrected chi connectivity index (χ2v) is 8.51. The van der Waals surface area contributed by atoms with Crippen LogP contribution in [0.25, 0.3) is 0 Å². The first-order valence-corrected chi connectivity index (χ1v) is 10.9. The number of allylic oxidation sites excluding steroid dienone is 2. The van der Waals surface area contributed by atoms with E-state index < -0.39 is 5.60 Å². The Morgan fingerprint density at radius 1 is 1.22 bits per heavy atom. The maximum Gasteiger partial charge on any atom is 0.101 e. The molecule has 0 radical (unpaired) electrons. The molecule has 0 aromatic heterocycles. The van der Waals surface area contributed by atoms with Crippen LogP contribution in [-0.4, -0.2) is 48.0 Å². The van der Waals surface area contributed by atoms with E-state index in [1.54, 1.807) is 5.57 Å². The van der Waals surface area contributed by atoms with Gasteiger partial charge < -0.3 is 9.84 Å². The number of hydrogen-bond donors (Lipinski definition) is 1. The van der Waals surface area contributed by atoms with Crippen LogP contribution in [0.2, 0.25) is 0 Å². The number of ether oxygens (including phenoxy) is 1. The average molecular weight is 372 g/mol. The van der Waals surface area contributed by atoms with Crippen molar-refractivity contribution in [1.29, 1.82) is 0 Å². The smallest absolute Gasteiger partial charge is 0.101 e. The summed E-state index contributed by atoms with van der Waals surface area (Å²) in [5.74, 6) is 0.384. The first-order chi connectivity index (χ1) is 13.1. The zero-order valence-electron chi connectivity index (χ0n) is 17.3. The molecule has 2 heterocycles. The number of rotatable bonds is 5. The largest absolute Gasteiger partial charge is 0.384 e. The summed E-state index contributed by atoms with van der Waals surface area (Å²) in [6.45, 7) is 7.91. The topological polar surface area (TPSA) is 32.7 Å². The molecular formula is C24H37NO2. The van der Waals surface area contributed by atoms with Crippen molar-refractivity contribution in [1.82, 2.24) is 4.90 Å². The molecule has 3 fully saturated rings. The molecule has 3 heteroatoms. The fourth-order valence-electron chi connectivity index (χ4n) is 4.76. The first-order valence-electron chi connectivity index (χ1n) is 10.9. The van der Waals surface area contributed by atoms with Crippen LogP contribution in [-0.2, 0) is 4.74 Å². The lowest BCUT2D eigenvalue weighted by Gasteiger charge is -2.33. The molecule has 1 N–H and O–H groups in total. The van der Waals surface area contributed by atoms with Crippen molar-refractivity contribution in [3.05, 3.63) is 41.2 Å². The number of hydrogen-bond acceptors (Lipinski definition) is 3. The highest BCUT2D eigenvalue weighted by Crippen LogP contribution is 2.30. The molecule has 1 unspecified atom stereocenters. The molecule has 27 heavy (non-hydrogen) atoms. The van der Waals surface area contributed by atoms with Gasteiger partial charge in [-0.15, -0.1) is 5.73 Å². The van der Waals surface area contributed by atoms with E-state index in [1.807, 2.05) is 13.0 Å². The summed E-state index contributed by atoms with van der Waals surface area (Å²) in [6, 6.07) is 0.859. The second kappa shape index (κ2) is 9.89. The van der Waals surface area contributed by atoms with Crippen molar-refractivity contribution in [2.24, 2.45) is 5.92 Å². The fraction of sp³-hybridized carbons (Fsp3) is 0.708. The summed E-state index contributed by atoms with van der Waals surface area (Å²) in [7, 11) is 0. The molecule has 150 valence electrons. The van der Waals surface area contributed by atoms with Crippen molar-refractivity contribution in [3.63, 3.8) is 0 Å². The highest BCUT2D eigenvalue weighted by Gasteiger charge is 2.32. The summed E-state index contributed by atoms with van der Waals surface area (Å²) in [4.78, 5) is 2.72. The molecule has 0 bridgehead atoms. The Hall–Kier alpha value is -1.12. The molecule has 0 aromatic rings. The minimum atomic E-state index is -0.791.